The molecule has 0 heterocycles. The van der Waals surface area contributed by atoms with E-state index in [4.69, 9.17) is 5.26 Å². The Kier molecular flexibility index (Phi) is 8.34. The van der Waals surface area contributed by atoms with Gasteiger partial charge in [0.2, 0.25) is 5.91 Å². The predicted octanol–water partition coefficient (Wildman–Crippen LogP) is 2.47. The number of aliphatic hydroxyl groups is 1. The molecule has 2 N–H and O–H groups in total. The van der Waals surface area contributed by atoms with Crippen molar-refractivity contribution in [3.05, 3.63) is 71.8 Å². The van der Waals surface area contributed by atoms with Crippen LogP contribution in [0.1, 0.15) is 24.0 Å². The number of hydrogen-bond donors (Lipinski definition) is 2. The quantitative estimate of drug-likeness (QED) is 0.689. The molecule has 136 valence electrons. The Balaban J connectivity index is 1.94. The summed E-state index contributed by atoms with van der Waals surface area (Å²) in [5.41, 5.74) is 2.13. The van der Waals surface area contributed by atoms with Crippen molar-refractivity contribution in [3.8, 4) is 6.07 Å². The first-order chi connectivity index (χ1) is 12.7. The average Bonchev–Trinajstić information content (AvgIpc) is 2.69. The molecule has 5 heteroatoms. The predicted molar refractivity (Wildman–Crippen MR) is 101 cm³/mol. The molecule has 1 atom stereocenters. The first kappa shape index (κ1) is 19.6. The van der Waals surface area contributed by atoms with Crippen molar-refractivity contribution in [2.75, 3.05) is 13.2 Å². The molecule has 0 aliphatic carbocycles. The van der Waals surface area contributed by atoms with E-state index in [9.17, 15) is 9.90 Å². The lowest BCUT2D eigenvalue weighted by Crippen LogP contribution is -2.41. The van der Waals surface area contributed by atoms with Crippen LogP contribution in [0.3, 0.4) is 0 Å². The third-order valence-electron chi connectivity index (χ3n) is 4.22. The minimum Gasteiger partial charge on any atom is -0.395 e. The third kappa shape index (κ3) is 6.67. The molecule has 0 spiro atoms. The first-order valence-corrected chi connectivity index (χ1v) is 8.79. The van der Waals surface area contributed by atoms with Gasteiger partial charge in [-0.2, -0.15) is 5.26 Å². The van der Waals surface area contributed by atoms with E-state index in [1.54, 1.807) is 0 Å². The zero-order chi connectivity index (χ0) is 18.6. The molecule has 2 aromatic rings. The largest absolute Gasteiger partial charge is 0.395 e. The normalized spacial score (nSPS) is 11.7. The van der Waals surface area contributed by atoms with Crippen LogP contribution in [-0.2, 0) is 17.9 Å². The van der Waals surface area contributed by atoms with E-state index in [0.717, 1.165) is 11.1 Å². The van der Waals surface area contributed by atoms with Crippen molar-refractivity contribution in [1.29, 1.82) is 5.26 Å². The molecule has 26 heavy (non-hydrogen) atoms. The van der Waals surface area contributed by atoms with Gasteiger partial charge in [-0.05, 0) is 11.1 Å². The zero-order valence-electron chi connectivity index (χ0n) is 14.8. The maximum absolute atomic E-state index is 12.3. The Morgan fingerprint density at radius 3 is 2.27 bits per heavy atom. The van der Waals surface area contributed by atoms with E-state index in [1.807, 2.05) is 65.6 Å². The summed E-state index contributed by atoms with van der Waals surface area (Å²) in [7, 11) is 0. The highest BCUT2D eigenvalue weighted by molar-refractivity contribution is 5.76. The summed E-state index contributed by atoms with van der Waals surface area (Å²) in [6.45, 7) is 1.45. The molecule has 0 aromatic heterocycles. The van der Waals surface area contributed by atoms with Gasteiger partial charge < -0.3 is 10.4 Å². The van der Waals surface area contributed by atoms with Gasteiger partial charge in [0.1, 0.15) is 0 Å². The third-order valence-corrected chi connectivity index (χ3v) is 4.22. The van der Waals surface area contributed by atoms with E-state index in [1.165, 1.54) is 0 Å². The van der Waals surface area contributed by atoms with E-state index < -0.39 is 0 Å². The Morgan fingerprint density at radius 2 is 1.69 bits per heavy atom. The lowest BCUT2D eigenvalue weighted by molar-refractivity contribution is -0.123. The molecule has 0 aliphatic rings. The summed E-state index contributed by atoms with van der Waals surface area (Å²) in [6.07, 6.45) is 0.552. The lowest BCUT2D eigenvalue weighted by Gasteiger charge is -2.29. The Labute approximate surface area is 154 Å². The summed E-state index contributed by atoms with van der Waals surface area (Å²) in [5, 5.41) is 21.6. The smallest absolute Gasteiger partial charge is 0.221 e. The summed E-state index contributed by atoms with van der Waals surface area (Å²) in [5.74, 6) is -0.108. The van der Waals surface area contributed by atoms with Crippen molar-refractivity contribution in [2.24, 2.45) is 0 Å². The van der Waals surface area contributed by atoms with Crippen LogP contribution in [0.4, 0.5) is 0 Å². The molecule has 0 radical (unpaired) electrons. The maximum Gasteiger partial charge on any atom is 0.221 e. The number of aliphatic hydroxyl groups excluding tert-OH is 1. The fourth-order valence-corrected chi connectivity index (χ4v) is 2.79. The molecule has 0 aliphatic heterocycles. The van der Waals surface area contributed by atoms with Crippen LogP contribution in [0.25, 0.3) is 0 Å². The summed E-state index contributed by atoms with van der Waals surface area (Å²) in [6, 6.07) is 21.4. The molecule has 0 fully saturated rings. The van der Waals surface area contributed by atoms with Gasteiger partial charge >= 0.3 is 0 Å². The number of nitriles is 1. The molecular formula is C21H25N3O2. The number of carbonyl (C=O) groups is 1. The molecule has 5 nitrogen and oxygen atoms in total. The summed E-state index contributed by atoms with van der Waals surface area (Å²) in [4.78, 5) is 14.3. The molecular weight excluding hydrogens is 326 g/mol. The average molecular weight is 351 g/mol. The van der Waals surface area contributed by atoms with Crippen molar-refractivity contribution < 1.29 is 9.90 Å². The Hall–Kier alpha value is -2.68. The van der Waals surface area contributed by atoms with Crippen molar-refractivity contribution in [2.45, 2.75) is 32.0 Å². The molecule has 0 unspecified atom stereocenters. The second-order valence-electron chi connectivity index (χ2n) is 6.17. The molecule has 0 bridgehead atoms. The lowest BCUT2D eigenvalue weighted by atomic mass is 10.1. The number of amides is 1. The van der Waals surface area contributed by atoms with Crippen LogP contribution in [0, 0.1) is 11.3 Å². The van der Waals surface area contributed by atoms with Gasteiger partial charge in [-0.3, -0.25) is 9.69 Å². The minimum absolute atomic E-state index is 0.108. The highest BCUT2D eigenvalue weighted by Gasteiger charge is 2.21. The van der Waals surface area contributed by atoms with Crippen LogP contribution >= 0.6 is 0 Å². The minimum atomic E-state index is -0.320. The van der Waals surface area contributed by atoms with Crippen LogP contribution < -0.4 is 5.32 Å². The molecule has 0 saturated carbocycles. The van der Waals surface area contributed by atoms with E-state index in [0.29, 0.717) is 26.1 Å². The summed E-state index contributed by atoms with van der Waals surface area (Å²) >= 11 is 0. The highest BCUT2D eigenvalue weighted by Crippen LogP contribution is 2.12. The van der Waals surface area contributed by atoms with Crippen LogP contribution in [0.2, 0.25) is 0 Å². The first-order valence-electron chi connectivity index (χ1n) is 8.79. The number of nitrogens with one attached hydrogen (secondary N) is 1. The Bertz CT molecular complexity index is 698. The second kappa shape index (κ2) is 11.0. The summed E-state index contributed by atoms with van der Waals surface area (Å²) < 4.78 is 0. The Morgan fingerprint density at radius 1 is 1.08 bits per heavy atom. The number of nitrogens with zero attached hydrogens (tertiary/aromatic N) is 2. The molecule has 1 amide bonds. The number of benzene rings is 2. The standard InChI is InChI=1S/C21H25N3O2/c22-12-7-13-24(16-19-10-5-2-6-11-19)20(17-25)14-21(26)23-15-18-8-3-1-4-9-18/h1-6,8-11,20,25H,7,13-17H2,(H,23,26)/t20-/m1/s1. The monoisotopic (exact) mass is 351 g/mol. The van der Waals surface area contributed by atoms with E-state index >= 15 is 0 Å². The zero-order valence-corrected chi connectivity index (χ0v) is 14.8. The van der Waals surface area contributed by atoms with Gasteiger partial charge in [-0.25, -0.2) is 0 Å². The van der Waals surface area contributed by atoms with Gasteiger partial charge in [0.25, 0.3) is 0 Å². The van der Waals surface area contributed by atoms with Gasteiger partial charge in [-0.15, -0.1) is 0 Å². The highest BCUT2D eigenvalue weighted by atomic mass is 16.3. The van der Waals surface area contributed by atoms with Gasteiger partial charge in [0.15, 0.2) is 0 Å². The second-order valence-corrected chi connectivity index (χ2v) is 6.17. The fourth-order valence-electron chi connectivity index (χ4n) is 2.79. The van der Waals surface area contributed by atoms with Gasteiger partial charge in [-0.1, -0.05) is 60.7 Å². The van der Waals surface area contributed by atoms with Crippen LogP contribution in [0.5, 0.6) is 0 Å². The van der Waals surface area contributed by atoms with Crippen LogP contribution in [-0.4, -0.2) is 35.1 Å². The SMILES string of the molecule is N#CCCN(Cc1ccccc1)[C@@H](CO)CC(=O)NCc1ccccc1. The van der Waals surface area contributed by atoms with Gasteiger partial charge in [0, 0.05) is 38.5 Å². The van der Waals surface area contributed by atoms with E-state index in [-0.39, 0.29) is 25.0 Å². The van der Waals surface area contributed by atoms with Crippen molar-refractivity contribution in [3.63, 3.8) is 0 Å². The molecule has 2 aromatic carbocycles. The molecule has 0 saturated heterocycles. The van der Waals surface area contributed by atoms with Crippen molar-refractivity contribution in [1.82, 2.24) is 10.2 Å². The van der Waals surface area contributed by atoms with Gasteiger partial charge in [0.05, 0.1) is 12.7 Å². The number of carbonyl (C=O) groups excluding carboxylic acids is 1. The fraction of sp³-hybridized carbons (Fsp3) is 0.333. The van der Waals surface area contributed by atoms with E-state index in [2.05, 4.69) is 11.4 Å². The topological polar surface area (TPSA) is 76.4 Å². The van der Waals surface area contributed by atoms with Crippen molar-refractivity contribution >= 4 is 5.91 Å². The number of rotatable bonds is 10. The number of hydrogen-bond acceptors (Lipinski definition) is 4. The van der Waals surface area contributed by atoms with Crippen LogP contribution in [0.15, 0.2) is 60.7 Å². The maximum atomic E-state index is 12.3. The molecule has 2 rings (SSSR count).